The number of carboxylic acid groups (broad SMARTS) is 1. The summed E-state index contributed by atoms with van der Waals surface area (Å²) in [5.74, 6) is -0.517. The number of carbonyl (C=O) groups excluding carboxylic acids is 5. The fourth-order valence-corrected chi connectivity index (χ4v) is 13.4. The number of carbonyl (C=O) groups is 6. The molecule has 0 radical (unpaired) electrons. The molecule has 2 saturated carbocycles. The van der Waals surface area contributed by atoms with Gasteiger partial charge in [-0.05, 0) is 212 Å². The van der Waals surface area contributed by atoms with Crippen LogP contribution in [0.5, 0.6) is 0 Å². The summed E-state index contributed by atoms with van der Waals surface area (Å²) in [6.45, 7) is 9.58. The van der Waals surface area contributed by atoms with E-state index in [1.54, 1.807) is 71.6 Å². The summed E-state index contributed by atoms with van der Waals surface area (Å²) in [6, 6.07) is 32.7. The topological polar surface area (TPSA) is 365 Å². The largest absolute Gasteiger partial charge is 0.465 e. The van der Waals surface area contributed by atoms with Crippen LogP contribution in [0.1, 0.15) is 88.8 Å². The summed E-state index contributed by atoms with van der Waals surface area (Å²) in [4.78, 5) is 79.0. The molecule has 2 aliphatic carbocycles. The Hall–Kier alpha value is -8.99. The van der Waals surface area contributed by atoms with Gasteiger partial charge in [0, 0.05) is 77.8 Å². The van der Waals surface area contributed by atoms with Gasteiger partial charge >= 0.3 is 12.2 Å². The number of nitrogens with zero attached hydrogens (tertiary/aromatic N) is 8. The third-order valence-electron chi connectivity index (χ3n) is 16.8. The fraction of sp³-hybridized carbons (Fsp3) is 0.415. The summed E-state index contributed by atoms with van der Waals surface area (Å²) in [6.07, 6.45) is 4.40. The monoisotopic (exact) mass is 1360 g/mol. The first-order valence-electron chi connectivity index (χ1n) is 30.9. The molecule has 2 atom stereocenters. The van der Waals surface area contributed by atoms with Crippen molar-refractivity contribution >= 4 is 73.1 Å². The molecule has 5 aromatic carbocycles. The Kier molecular flexibility index (Phi) is 23.2. The number of aryl methyl sites for hydroxylation is 1. The first-order chi connectivity index (χ1) is 44.6. The number of halogens is 1. The first-order valence-corrected chi connectivity index (χ1v) is 33.2. The van der Waals surface area contributed by atoms with Gasteiger partial charge in [-0.2, -0.15) is 4.31 Å². The van der Waals surface area contributed by atoms with Crippen LogP contribution in [-0.4, -0.2) is 152 Å². The number of nitrogens with one attached hydrogen (secondary N) is 6. The number of amides is 6. The molecule has 6 amide bonds. The number of hydrogen-bond donors (Lipinski definition) is 8. The van der Waals surface area contributed by atoms with E-state index < -0.39 is 45.8 Å². The van der Waals surface area contributed by atoms with Crippen LogP contribution in [0.25, 0.3) is 33.9 Å². The average molecular weight is 1360 g/mol. The van der Waals surface area contributed by atoms with Gasteiger partial charge in [-0.3, -0.25) is 24.1 Å². The van der Waals surface area contributed by atoms with Gasteiger partial charge in [0.1, 0.15) is 17.7 Å². The van der Waals surface area contributed by atoms with Crippen LogP contribution >= 0.6 is 15.9 Å². The molecule has 10 rings (SSSR count). The Morgan fingerprint density at radius 1 is 0.720 bits per heavy atom. The number of hydrogen-bond acceptors (Lipinski definition) is 16. The normalized spacial score (nSPS) is 18.3. The fourth-order valence-electron chi connectivity index (χ4n) is 11.7. The van der Waals surface area contributed by atoms with Crippen molar-refractivity contribution in [2.45, 2.75) is 114 Å². The van der Waals surface area contributed by atoms with Crippen LogP contribution in [0, 0.1) is 30.6 Å². The van der Waals surface area contributed by atoms with Crippen LogP contribution < -0.4 is 31.9 Å². The SMILES string of the molecule is CC(C)(C)OC(=O)NC[C@H]1CC[C@H](C(=O)N(c2ccc(-c3nnn[nH]3)cc2)[C@@H](Cc2ccc(Br)cc2)C(N)=O)CC1.Cc1ccc(S(=O)(=O)N2CCOCC2)cc1-c1ccc(C[C@H](NC(=O)[C@H]2CC[C@H](CNC(=O)O)CC2)C(=O)Nc2ccc(-c3nnn[nH]3)cc2)cc1. The molecule has 0 bridgehead atoms. The van der Waals surface area contributed by atoms with Crippen molar-refractivity contribution in [1.82, 2.24) is 61.5 Å². The van der Waals surface area contributed by atoms with Crippen molar-refractivity contribution in [2.24, 2.45) is 29.4 Å². The molecule has 28 heteroatoms. The van der Waals surface area contributed by atoms with E-state index in [1.165, 1.54) is 4.31 Å². The van der Waals surface area contributed by atoms with Gasteiger partial charge in [-0.15, -0.1) is 10.2 Å². The number of morpholine rings is 1. The minimum Gasteiger partial charge on any atom is -0.465 e. The maximum absolute atomic E-state index is 14.1. The van der Waals surface area contributed by atoms with E-state index in [0.29, 0.717) is 101 Å². The van der Waals surface area contributed by atoms with E-state index in [9.17, 15) is 37.2 Å². The number of anilines is 2. The molecule has 3 heterocycles. The predicted molar refractivity (Wildman–Crippen MR) is 349 cm³/mol. The summed E-state index contributed by atoms with van der Waals surface area (Å²) in [7, 11) is -3.68. The Morgan fingerprint density at radius 2 is 1.26 bits per heavy atom. The zero-order chi connectivity index (χ0) is 66.2. The van der Waals surface area contributed by atoms with Crippen molar-refractivity contribution in [3.05, 3.63) is 136 Å². The molecule has 2 aromatic heterocycles. The van der Waals surface area contributed by atoms with Gasteiger partial charge in [0.2, 0.25) is 33.7 Å². The van der Waals surface area contributed by atoms with Gasteiger partial charge in [-0.25, -0.2) is 28.2 Å². The lowest BCUT2D eigenvalue weighted by Gasteiger charge is -2.36. The van der Waals surface area contributed by atoms with Gasteiger partial charge in [0.25, 0.3) is 0 Å². The molecule has 1 aliphatic heterocycles. The van der Waals surface area contributed by atoms with Crippen molar-refractivity contribution in [2.75, 3.05) is 49.6 Å². The van der Waals surface area contributed by atoms with Crippen molar-refractivity contribution in [3.8, 4) is 33.9 Å². The molecular weight excluding hydrogens is 1280 g/mol. The van der Waals surface area contributed by atoms with Gasteiger partial charge in [0.15, 0.2) is 11.6 Å². The molecule has 9 N–H and O–H groups in total. The lowest BCUT2D eigenvalue weighted by Crippen LogP contribution is -2.52. The predicted octanol–water partition coefficient (Wildman–Crippen LogP) is 7.99. The van der Waals surface area contributed by atoms with Crippen LogP contribution in [0.15, 0.2) is 125 Å². The number of nitrogens with two attached hydrogens (primary N) is 1. The number of sulfonamides is 1. The van der Waals surface area contributed by atoms with Crippen molar-refractivity contribution < 1.29 is 51.8 Å². The highest BCUT2D eigenvalue weighted by Crippen LogP contribution is 2.35. The molecule has 3 fully saturated rings. The van der Waals surface area contributed by atoms with Gasteiger partial charge in [0.05, 0.1) is 18.1 Å². The maximum Gasteiger partial charge on any atom is 0.407 e. The van der Waals surface area contributed by atoms with E-state index in [4.69, 9.17) is 20.3 Å². The van der Waals surface area contributed by atoms with Crippen LogP contribution in [0.4, 0.5) is 21.0 Å². The Bertz CT molecular complexity index is 3760. The number of ether oxygens (including phenoxy) is 2. The minimum absolute atomic E-state index is 0.140. The van der Waals surface area contributed by atoms with Crippen molar-refractivity contribution in [1.29, 1.82) is 0 Å². The lowest BCUT2D eigenvalue weighted by molar-refractivity contribution is -0.130. The van der Waals surface area contributed by atoms with Crippen LogP contribution in [0.3, 0.4) is 0 Å². The molecule has 3 aliphatic rings. The summed E-state index contributed by atoms with van der Waals surface area (Å²) >= 11 is 3.44. The summed E-state index contributed by atoms with van der Waals surface area (Å²) in [5, 5.41) is 47.8. The molecular formula is C65H78BrN15O11S. The highest BCUT2D eigenvalue weighted by atomic mass is 79.9. The third kappa shape index (κ3) is 19.1. The quantitative estimate of drug-likeness (QED) is 0.0338. The second kappa shape index (κ2) is 31.6. The van der Waals surface area contributed by atoms with Crippen LogP contribution in [-0.2, 0) is 51.5 Å². The van der Waals surface area contributed by atoms with E-state index >= 15 is 0 Å². The molecule has 0 unspecified atom stereocenters. The van der Waals surface area contributed by atoms with E-state index in [2.05, 4.69) is 78.4 Å². The van der Waals surface area contributed by atoms with Gasteiger partial charge < -0.3 is 41.6 Å². The number of rotatable bonds is 21. The lowest BCUT2D eigenvalue weighted by atomic mass is 9.81. The number of alkyl carbamates (subject to hydrolysis) is 1. The van der Waals surface area contributed by atoms with E-state index in [0.717, 1.165) is 56.3 Å². The average Bonchev–Trinajstić information content (AvgIpc) is 1.02. The van der Waals surface area contributed by atoms with E-state index in [-0.39, 0.29) is 59.1 Å². The number of benzene rings is 5. The first kappa shape index (κ1) is 68.4. The Balaban J connectivity index is 0.000000226. The molecule has 7 aromatic rings. The maximum atomic E-state index is 14.1. The number of tetrazole rings is 2. The van der Waals surface area contributed by atoms with E-state index in [1.807, 2.05) is 76.2 Å². The second-order valence-corrected chi connectivity index (χ2v) is 27.4. The minimum atomic E-state index is -3.68. The number of primary amides is 1. The number of aromatic amines is 2. The standard InChI is InChI=1S/C36H42N8O7S.C29H36BrN7O4/c1-23-2-15-30(52(49,50)44-16-18-51-19-17-44)21-31(23)26-7-3-24(4-8-26)20-32(39-34(45)28-9-5-25(6-10-28)22-37-36(47)48)35(46)38-29-13-11-27(12-14-29)33-40-42-43-41-33;1-29(2,3)41-28(40)32-17-19-4-8-21(9-5-19)27(39)37(23-14-10-20(11-15-23)26-33-35-36-34-26)24(25(31)38)16-18-6-12-22(30)13-7-18/h2-4,7-8,11-15,21,25,28,32,37H,5-6,9-10,16-20,22H2,1H3,(H,38,46)(H,39,45)(H,47,48)(H,40,41,42,43);6-7,10-15,19,21,24H,4-5,8-9,16-17H2,1-3H3,(H2,31,38)(H,32,40)(H,33,34,35,36)/t25-,28-,32-;19-,21-,24-/m00/s1. The van der Waals surface area contributed by atoms with Gasteiger partial charge in [-0.1, -0.05) is 58.4 Å². The second-order valence-electron chi connectivity index (χ2n) is 24.5. The molecule has 0 spiro atoms. The number of H-pyrrole nitrogens is 2. The molecule has 93 heavy (non-hydrogen) atoms. The molecule has 492 valence electrons. The molecule has 26 nitrogen and oxygen atoms in total. The van der Waals surface area contributed by atoms with Crippen molar-refractivity contribution in [3.63, 3.8) is 0 Å². The van der Waals surface area contributed by atoms with Crippen LogP contribution in [0.2, 0.25) is 0 Å². The number of aromatic nitrogens is 8. The Labute approximate surface area is 547 Å². The highest BCUT2D eigenvalue weighted by Gasteiger charge is 2.37. The zero-order valence-corrected chi connectivity index (χ0v) is 54.6. The third-order valence-corrected chi connectivity index (χ3v) is 19.2. The smallest absolute Gasteiger partial charge is 0.407 e. The highest BCUT2D eigenvalue weighted by molar-refractivity contribution is 9.10. The summed E-state index contributed by atoms with van der Waals surface area (Å²) < 4.78 is 39.7. The summed E-state index contributed by atoms with van der Waals surface area (Å²) in [5.41, 5.74) is 12.2. The zero-order valence-electron chi connectivity index (χ0n) is 52.2. The molecule has 1 saturated heterocycles. The Morgan fingerprint density at radius 3 is 1.81 bits per heavy atom.